The number of carboxylic acid groups (broad SMARTS) is 2. The van der Waals surface area contributed by atoms with E-state index in [9.17, 15) is 0 Å². The first-order valence-corrected chi connectivity index (χ1v) is 11.2. The first-order chi connectivity index (χ1) is 17.4. The monoisotopic (exact) mass is 499 g/mol. The molecule has 2 atom stereocenters. The van der Waals surface area contributed by atoms with Crippen LogP contribution in [0.4, 0.5) is 0 Å². The minimum absolute atomic E-state index is 0.00210. The third-order valence-corrected chi connectivity index (χ3v) is 5.26. The van der Waals surface area contributed by atoms with Crippen molar-refractivity contribution in [2.75, 3.05) is 40.5 Å². The topological polar surface area (TPSA) is 133 Å². The fourth-order valence-corrected chi connectivity index (χ4v) is 3.53. The number of benzene rings is 3. The van der Waals surface area contributed by atoms with E-state index in [1.165, 1.54) is 10.8 Å². The third kappa shape index (κ3) is 7.32. The van der Waals surface area contributed by atoms with Crippen molar-refractivity contribution in [3.8, 4) is 17.2 Å². The van der Waals surface area contributed by atoms with Crippen LogP contribution in [-0.4, -0.2) is 68.8 Å². The molecule has 0 amide bonds. The van der Waals surface area contributed by atoms with E-state index < -0.39 is 11.9 Å². The second kappa shape index (κ2) is 13.3. The van der Waals surface area contributed by atoms with E-state index in [2.05, 4.69) is 35.6 Å². The molecular weight excluding hydrogens is 470 g/mol. The van der Waals surface area contributed by atoms with Gasteiger partial charge in [-0.1, -0.05) is 42.5 Å². The van der Waals surface area contributed by atoms with E-state index in [0.717, 1.165) is 5.56 Å². The number of para-hydroxylation sites is 1. The molecule has 0 radical (unpaired) electrons. The lowest BCUT2D eigenvalue weighted by Crippen LogP contribution is -2.31. The Morgan fingerprint density at radius 1 is 0.944 bits per heavy atom. The smallest absolute Gasteiger partial charge is 0.414 e. The number of methoxy groups -OCH3 is 2. The molecule has 36 heavy (non-hydrogen) atoms. The van der Waals surface area contributed by atoms with Gasteiger partial charge in [0.25, 0.3) is 0 Å². The van der Waals surface area contributed by atoms with Crippen molar-refractivity contribution in [1.29, 1.82) is 0 Å². The van der Waals surface area contributed by atoms with Gasteiger partial charge in [0.1, 0.15) is 6.61 Å². The highest BCUT2D eigenvalue weighted by molar-refractivity contribution is 6.27. The number of carboxylic acids is 2. The van der Waals surface area contributed by atoms with Crippen LogP contribution in [0.5, 0.6) is 17.2 Å². The van der Waals surface area contributed by atoms with E-state index in [1.807, 2.05) is 30.3 Å². The molecule has 1 fully saturated rings. The first-order valence-electron chi connectivity index (χ1n) is 11.2. The van der Waals surface area contributed by atoms with Gasteiger partial charge in [0.15, 0.2) is 17.8 Å². The first kappa shape index (κ1) is 26.7. The maximum absolute atomic E-state index is 9.10. The van der Waals surface area contributed by atoms with Crippen molar-refractivity contribution < 1.29 is 43.5 Å². The summed E-state index contributed by atoms with van der Waals surface area (Å²) in [5.41, 5.74) is 1.04. The predicted molar refractivity (Wildman–Crippen MR) is 131 cm³/mol. The fourth-order valence-electron chi connectivity index (χ4n) is 3.53. The van der Waals surface area contributed by atoms with Crippen molar-refractivity contribution in [3.05, 3.63) is 66.2 Å². The van der Waals surface area contributed by atoms with Crippen LogP contribution in [-0.2, 0) is 19.1 Å². The Hall–Kier alpha value is -3.86. The zero-order chi connectivity index (χ0) is 25.9. The summed E-state index contributed by atoms with van der Waals surface area (Å²) in [6.45, 7) is 2.41. The molecule has 10 nitrogen and oxygen atoms in total. The maximum Gasteiger partial charge on any atom is 0.414 e. The molecule has 2 unspecified atom stereocenters. The molecule has 3 aromatic carbocycles. The van der Waals surface area contributed by atoms with E-state index in [0.29, 0.717) is 43.6 Å². The normalized spacial score (nSPS) is 16.6. The van der Waals surface area contributed by atoms with Gasteiger partial charge in [0, 0.05) is 18.7 Å². The Balaban J connectivity index is 0.000000538. The number of hydrogen-bond acceptors (Lipinski definition) is 8. The second-order valence-corrected chi connectivity index (χ2v) is 7.68. The zero-order valence-electron chi connectivity index (χ0n) is 20.0. The van der Waals surface area contributed by atoms with Gasteiger partial charge >= 0.3 is 11.9 Å². The molecule has 3 N–H and O–H groups in total. The molecule has 4 rings (SSSR count). The Bertz CT molecular complexity index is 1130. The summed E-state index contributed by atoms with van der Waals surface area (Å²) in [6.07, 6.45) is -0.322. The van der Waals surface area contributed by atoms with Crippen LogP contribution in [0.25, 0.3) is 10.8 Å². The van der Waals surface area contributed by atoms with E-state index >= 15 is 0 Å². The van der Waals surface area contributed by atoms with Crippen LogP contribution in [0.2, 0.25) is 0 Å². The number of rotatable bonds is 9. The Morgan fingerprint density at radius 3 is 2.25 bits per heavy atom. The van der Waals surface area contributed by atoms with Crippen LogP contribution in [0.1, 0.15) is 11.9 Å². The fraction of sp³-hybridized carbons (Fsp3) is 0.308. The van der Waals surface area contributed by atoms with E-state index in [-0.39, 0.29) is 12.4 Å². The highest BCUT2D eigenvalue weighted by atomic mass is 16.7. The molecule has 0 bridgehead atoms. The number of aliphatic carboxylic acids is 2. The molecule has 1 aliphatic heterocycles. The molecule has 0 aromatic heterocycles. The maximum atomic E-state index is 9.10. The summed E-state index contributed by atoms with van der Waals surface area (Å²) in [4.78, 5) is 18.2. The molecule has 192 valence electrons. The summed E-state index contributed by atoms with van der Waals surface area (Å²) in [6, 6.07) is 20.1. The van der Waals surface area contributed by atoms with Gasteiger partial charge in [-0.3, -0.25) is 0 Å². The predicted octanol–water partition coefficient (Wildman–Crippen LogP) is 3.10. The van der Waals surface area contributed by atoms with Crippen molar-refractivity contribution in [2.45, 2.75) is 12.4 Å². The summed E-state index contributed by atoms with van der Waals surface area (Å²) in [5.74, 6) is -1.73. The highest BCUT2D eigenvalue weighted by Gasteiger charge is 2.27. The van der Waals surface area contributed by atoms with Crippen LogP contribution in [0.15, 0.2) is 60.7 Å². The van der Waals surface area contributed by atoms with Crippen molar-refractivity contribution in [2.24, 2.45) is 0 Å². The van der Waals surface area contributed by atoms with Crippen molar-refractivity contribution in [1.82, 2.24) is 5.32 Å². The Labute approximate surface area is 208 Å². The van der Waals surface area contributed by atoms with Gasteiger partial charge in [-0.15, -0.1) is 0 Å². The summed E-state index contributed by atoms with van der Waals surface area (Å²) in [7, 11) is 3.23. The van der Waals surface area contributed by atoms with Gasteiger partial charge in [-0.25, -0.2) is 9.59 Å². The van der Waals surface area contributed by atoms with Gasteiger partial charge in [-0.05, 0) is 29.0 Å². The van der Waals surface area contributed by atoms with Gasteiger partial charge < -0.3 is 39.2 Å². The average molecular weight is 500 g/mol. The van der Waals surface area contributed by atoms with Crippen LogP contribution in [0.3, 0.4) is 0 Å². The largest absolute Gasteiger partial charge is 0.493 e. The highest BCUT2D eigenvalue weighted by Crippen LogP contribution is 2.36. The Morgan fingerprint density at radius 2 is 1.61 bits per heavy atom. The lowest BCUT2D eigenvalue weighted by atomic mass is 10.1. The minimum Gasteiger partial charge on any atom is -0.493 e. The van der Waals surface area contributed by atoms with Crippen molar-refractivity contribution >= 4 is 22.7 Å². The van der Waals surface area contributed by atoms with Crippen LogP contribution >= 0.6 is 0 Å². The Kier molecular flexibility index (Phi) is 9.87. The second-order valence-electron chi connectivity index (χ2n) is 7.68. The van der Waals surface area contributed by atoms with E-state index in [4.69, 9.17) is 43.5 Å². The molecule has 0 aliphatic carbocycles. The van der Waals surface area contributed by atoms with Gasteiger partial charge in [-0.2, -0.15) is 0 Å². The number of carbonyl (C=O) groups is 2. The summed E-state index contributed by atoms with van der Waals surface area (Å²) >= 11 is 0. The molecule has 0 saturated carbocycles. The molecule has 10 heteroatoms. The molecule has 1 heterocycles. The standard InChI is InChI=1S/C24H27NO5.C2H2O4/c1-26-21-8-5-9-22(27-2)23(21)28-13-12-25-15-20-16-29-24(30-20)19-11-10-17-6-3-4-7-18(17)14-19;3-1(4)2(5)6/h3-11,14,20,24-25H,12-13,15-16H2,1-2H3;(H,3,4)(H,5,6). The molecule has 3 aromatic rings. The molecule has 0 spiro atoms. The molecule has 1 aliphatic rings. The molecular formula is C26H29NO9. The summed E-state index contributed by atoms with van der Waals surface area (Å²) in [5, 5.41) is 20.5. The summed E-state index contributed by atoms with van der Waals surface area (Å²) < 4.78 is 28.5. The van der Waals surface area contributed by atoms with Crippen LogP contribution < -0.4 is 19.5 Å². The van der Waals surface area contributed by atoms with Crippen LogP contribution in [0, 0.1) is 0 Å². The number of nitrogens with one attached hydrogen (secondary N) is 1. The van der Waals surface area contributed by atoms with Gasteiger partial charge in [0.05, 0.1) is 26.9 Å². The third-order valence-electron chi connectivity index (χ3n) is 5.26. The number of hydrogen-bond donors (Lipinski definition) is 3. The zero-order valence-corrected chi connectivity index (χ0v) is 20.0. The molecule has 1 saturated heterocycles. The lowest BCUT2D eigenvalue weighted by Gasteiger charge is -2.15. The minimum atomic E-state index is -1.82. The average Bonchev–Trinajstić information content (AvgIpc) is 3.37. The van der Waals surface area contributed by atoms with E-state index in [1.54, 1.807) is 14.2 Å². The number of ether oxygens (including phenoxy) is 5. The van der Waals surface area contributed by atoms with Crippen molar-refractivity contribution in [3.63, 3.8) is 0 Å². The number of fused-ring (bicyclic) bond motifs is 1. The SMILES string of the molecule is COc1cccc(OC)c1OCCNCC1COC(c2ccc3ccccc3c2)O1.O=C(O)C(=O)O. The van der Waals surface area contributed by atoms with Gasteiger partial charge in [0.2, 0.25) is 5.75 Å². The lowest BCUT2D eigenvalue weighted by molar-refractivity contribution is -0.159. The quantitative estimate of drug-likeness (QED) is 0.298.